The lowest BCUT2D eigenvalue weighted by molar-refractivity contribution is 0.343. The van der Waals surface area contributed by atoms with Crippen molar-refractivity contribution in [2.45, 2.75) is 25.5 Å². The highest BCUT2D eigenvalue weighted by molar-refractivity contribution is 7.98. The maximum atomic E-state index is 5.68. The van der Waals surface area contributed by atoms with Crippen LogP contribution in [0.15, 0.2) is 28.7 Å². The van der Waals surface area contributed by atoms with Gasteiger partial charge in [0.1, 0.15) is 5.75 Å². The number of thioether (sulfide) groups is 1. The predicted molar refractivity (Wildman–Crippen MR) is 83.9 cm³/mol. The average molecular weight is 310 g/mol. The molecule has 1 aromatic heterocycles. The van der Waals surface area contributed by atoms with Crippen LogP contribution in [0.4, 0.5) is 0 Å². The van der Waals surface area contributed by atoms with Crippen molar-refractivity contribution in [3.05, 3.63) is 40.6 Å². The summed E-state index contributed by atoms with van der Waals surface area (Å²) in [5.74, 6) is 3.66. The SMILES string of the molecule is CC(C)c1ccc(OCCSCc2n[nH]c(=S)o2)cc1. The van der Waals surface area contributed by atoms with E-state index < -0.39 is 0 Å². The zero-order valence-electron chi connectivity index (χ0n) is 11.6. The van der Waals surface area contributed by atoms with Gasteiger partial charge in [-0.25, -0.2) is 5.10 Å². The predicted octanol–water partition coefficient (Wildman–Crippen LogP) is 4.17. The minimum atomic E-state index is 0.321. The second kappa shape index (κ2) is 7.50. The van der Waals surface area contributed by atoms with Gasteiger partial charge in [0.15, 0.2) is 0 Å². The third-order valence-electron chi connectivity index (χ3n) is 2.75. The van der Waals surface area contributed by atoms with Crippen LogP contribution in [0, 0.1) is 4.84 Å². The molecule has 0 radical (unpaired) electrons. The second-order valence-electron chi connectivity index (χ2n) is 4.63. The first-order valence-electron chi connectivity index (χ1n) is 6.50. The van der Waals surface area contributed by atoms with Gasteiger partial charge in [0.05, 0.1) is 12.4 Å². The number of aromatic amines is 1. The fourth-order valence-electron chi connectivity index (χ4n) is 1.65. The Balaban J connectivity index is 1.66. The fourth-order valence-corrected chi connectivity index (χ4v) is 2.43. The van der Waals surface area contributed by atoms with Gasteiger partial charge in [0.2, 0.25) is 5.89 Å². The molecule has 6 heteroatoms. The van der Waals surface area contributed by atoms with Crippen LogP contribution in [0.1, 0.15) is 31.2 Å². The van der Waals surface area contributed by atoms with E-state index in [1.165, 1.54) is 5.56 Å². The largest absolute Gasteiger partial charge is 0.493 e. The van der Waals surface area contributed by atoms with E-state index in [0.29, 0.717) is 29.0 Å². The summed E-state index contributed by atoms with van der Waals surface area (Å²) in [6.45, 7) is 5.03. The van der Waals surface area contributed by atoms with E-state index in [1.807, 2.05) is 12.1 Å². The Bertz CT molecular complexity index is 575. The van der Waals surface area contributed by atoms with E-state index in [4.69, 9.17) is 21.4 Å². The van der Waals surface area contributed by atoms with Gasteiger partial charge in [-0.05, 0) is 35.8 Å². The van der Waals surface area contributed by atoms with Crippen LogP contribution in [0.2, 0.25) is 0 Å². The molecule has 0 amide bonds. The first kappa shape index (κ1) is 15.1. The van der Waals surface area contributed by atoms with E-state index in [1.54, 1.807) is 11.8 Å². The monoisotopic (exact) mass is 310 g/mol. The molecule has 0 aliphatic carbocycles. The lowest BCUT2D eigenvalue weighted by Gasteiger charge is -2.08. The molecule has 1 heterocycles. The van der Waals surface area contributed by atoms with Crippen molar-refractivity contribution >= 4 is 24.0 Å². The molecule has 2 aromatic rings. The van der Waals surface area contributed by atoms with Crippen LogP contribution in [-0.2, 0) is 5.75 Å². The molecule has 0 saturated carbocycles. The molecular weight excluding hydrogens is 292 g/mol. The molecule has 0 bridgehead atoms. The number of benzene rings is 1. The number of nitrogens with one attached hydrogen (secondary N) is 1. The number of H-pyrrole nitrogens is 1. The van der Waals surface area contributed by atoms with Gasteiger partial charge in [0.25, 0.3) is 4.84 Å². The summed E-state index contributed by atoms with van der Waals surface area (Å²) in [5, 5.41) is 6.54. The minimum Gasteiger partial charge on any atom is -0.493 e. The van der Waals surface area contributed by atoms with Gasteiger partial charge in [-0.3, -0.25) is 0 Å². The van der Waals surface area contributed by atoms with Crippen molar-refractivity contribution in [2.24, 2.45) is 0 Å². The molecule has 0 aliphatic heterocycles. The van der Waals surface area contributed by atoms with E-state index in [9.17, 15) is 0 Å². The van der Waals surface area contributed by atoms with Crippen molar-refractivity contribution in [3.8, 4) is 5.75 Å². The molecule has 1 N–H and O–H groups in total. The first-order valence-corrected chi connectivity index (χ1v) is 8.06. The lowest BCUT2D eigenvalue weighted by Crippen LogP contribution is -2.00. The van der Waals surface area contributed by atoms with Crippen molar-refractivity contribution < 1.29 is 9.15 Å². The Hall–Kier alpha value is -1.27. The molecular formula is C14H18N2O2S2. The van der Waals surface area contributed by atoms with Crippen molar-refractivity contribution in [3.63, 3.8) is 0 Å². The Labute approximate surface area is 127 Å². The lowest BCUT2D eigenvalue weighted by atomic mass is 10.0. The topological polar surface area (TPSA) is 51.0 Å². The summed E-state index contributed by atoms with van der Waals surface area (Å²) in [7, 11) is 0. The number of hydrogen-bond donors (Lipinski definition) is 1. The molecule has 0 saturated heterocycles. The minimum absolute atomic E-state index is 0.321. The highest BCUT2D eigenvalue weighted by atomic mass is 32.2. The smallest absolute Gasteiger partial charge is 0.284 e. The van der Waals surface area contributed by atoms with Gasteiger partial charge < -0.3 is 9.15 Å². The second-order valence-corrected chi connectivity index (χ2v) is 6.11. The van der Waals surface area contributed by atoms with Gasteiger partial charge >= 0.3 is 0 Å². The van der Waals surface area contributed by atoms with Crippen molar-refractivity contribution in [1.82, 2.24) is 10.2 Å². The Morgan fingerprint density at radius 1 is 1.35 bits per heavy atom. The van der Waals surface area contributed by atoms with Crippen LogP contribution < -0.4 is 4.74 Å². The average Bonchev–Trinajstić information content (AvgIpc) is 2.84. The van der Waals surface area contributed by atoms with Crippen LogP contribution in [0.25, 0.3) is 0 Å². The number of hydrogen-bond acceptors (Lipinski definition) is 5. The highest BCUT2D eigenvalue weighted by Gasteiger charge is 2.01. The number of nitrogens with zero attached hydrogens (tertiary/aromatic N) is 1. The molecule has 2 rings (SSSR count). The van der Waals surface area contributed by atoms with Crippen molar-refractivity contribution in [2.75, 3.05) is 12.4 Å². The molecule has 20 heavy (non-hydrogen) atoms. The molecule has 0 atom stereocenters. The molecule has 0 fully saturated rings. The zero-order chi connectivity index (χ0) is 14.4. The Morgan fingerprint density at radius 2 is 2.10 bits per heavy atom. The van der Waals surface area contributed by atoms with Crippen LogP contribution >= 0.6 is 24.0 Å². The van der Waals surface area contributed by atoms with Gasteiger partial charge in [-0.1, -0.05) is 26.0 Å². The van der Waals surface area contributed by atoms with E-state index >= 15 is 0 Å². The summed E-state index contributed by atoms with van der Waals surface area (Å²) in [6.07, 6.45) is 0. The molecule has 1 aromatic carbocycles. The maximum Gasteiger partial charge on any atom is 0.284 e. The summed E-state index contributed by atoms with van der Waals surface area (Å²) in [5.41, 5.74) is 1.33. The number of aromatic nitrogens is 2. The molecule has 0 unspecified atom stereocenters. The zero-order valence-corrected chi connectivity index (χ0v) is 13.2. The Morgan fingerprint density at radius 3 is 2.70 bits per heavy atom. The third kappa shape index (κ3) is 4.68. The van der Waals surface area contributed by atoms with Gasteiger partial charge in [0, 0.05) is 5.75 Å². The quantitative estimate of drug-likeness (QED) is 0.614. The number of ether oxygens (including phenoxy) is 1. The summed E-state index contributed by atoms with van der Waals surface area (Å²) in [6, 6.07) is 8.26. The van der Waals surface area contributed by atoms with E-state index in [0.717, 1.165) is 11.5 Å². The van der Waals surface area contributed by atoms with Crippen molar-refractivity contribution in [1.29, 1.82) is 0 Å². The summed E-state index contributed by atoms with van der Waals surface area (Å²) < 4.78 is 10.9. The summed E-state index contributed by atoms with van der Waals surface area (Å²) >= 11 is 6.51. The maximum absolute atomic E-state index is 5.68. The third-order valence-corrected chi connectivity index (χ3v) is 3.83. The standard InChI is InChI=1S/C14H18N2O2S2/c1-10(2)11-3-5-12(6-4-11)17-7-8-20-9-13-15-16-14(19)18-13/h3-6,10H,7-9H2,1-2H3,(H,16,19). The Kier molecular flexibility index (Phi) is 5.67. The van der Waals surface area contributed by atoms with Crippen LogP contribution in [-0.4, -0.2) is 22.6 Å². The molecule has 108 valence electrons. The van der Waals surface area contributed by atoms with Gasteiger partial charge in [-0.2, -0.15) is 0 Å². The van der Waals surface area contributed by atoms with Crippen LogP contribution in [0.3, 0.4) is 0 Å². The highest BCUT2D eigenvalue weighted by Crippen LogP contribution is 2.19. The number of rotatable bonds is 7. The first-order chi connectivity index (χ1) is 9.65. The summed E-state index contributed by atoms with van der Waals surface area (Å²) in [4.78, 5) is 0.321. The molecule has 4 nitrogen and oxygen atoms in total. The molecule has 0 spiro atoms. The van der Waals surface area contributed by atoms with E-state index in [-0.39, 0.29) is 0 Å². The normalized spacial score (nSPS) is 10.9. The van der Waals surface area contributed by atoms with E-state index in [2.05, 4.69) is 36.2 Å². The van der Waals surface area contributed by atoms with Crippen LogP contribution in [0.5, 0.6) is 5.75 Å². The van der Waals surface area contributed by atoms with Gasteiger partial charge in [-0.15, -0.1) is 16.9 Å². The molecule has 0 aliphatic rings. The fraction of sp³-hybridized carbons (Fsp3) is 0.429.